The molecule has 0 saturated carbocycles. The smallest absolute Gasteiger partial charge is 0.261 e. The molecule has 1 N–H and O–H groups in total. The van der Waals surface area contributed by atoms with Crippen molar-refractivity contribution in [1.82, 2.24) is 14.3 Å². The zero-order valence-electron chi connectivity index (χ0n) is 10.7. The fourth-order valence-electron chi connectivity index (χ4n) is 1.94. The van der Waals surface area contributed by atoms with Crippen molar-refractivity contribution in [3.63, 3.8) is 0 Å². The number of hydrogen-bond donors (Lipinski definition) is 1. The average molecular weight is 271 g/mol. The summed E-state index contributed by atoms with van der Waals surface area (Å²) in [5.74, 6) is 0.862. The molecule has 3 aromatic rings. The molecule has 2 heterocycles. The van der Waals surface area contributed by atoms with Crippen LogP contribution in [0, 0.1) is 0 Å². The molecule has 4 nitrogen and oxygen atoms in total. The Hall–Kier alpha value is -2.01. The van der Waals surface area contributed by atoms with E-state index in [4.69, 9.17) is 0 Å². The standard InChI is InChI=1S/C14H13N3OS/c1-8(2)12-15-13-10(14(18)16-12)11(19-17-13)9-6-4-3-5-7-9/h3-8H,1-2H3,(H,15,16,17,18). The summed E-state index contributed by atoms with van der Waals surface area (Å²) < 4.78 is 4.31. The van der Waals surface area contributed by atoms with Crippen LogP contribution in [0.5, 0.6) is 0 Å². The number of nitrogens with one attached hydrogen (secondary N) is 1. The molecule has 5 heteroatoms. The Bertz CT molecular complexity index is 774. The number of H-pyrrole nitrogens is 1. The summed E-state index contributed by atoms with van der Waals surface area (Å²) in [5, 5.41) is 0.584. The molecule has 0 aliphatic rings. The monoisotopic (exact) mass is 271 g/mol. The van der Waals surface area contributed by atoms with E-state index in [-0.39, 0.29) is 11.5 Å². The van der Waals surface area contributed by atoms with Gasteiger partial charge in [-0.3, -0.25) is 4.79 Å². The summed E-state index contributed by atoms with van der Waals surface area (Å²) >= 11 is 1.32. The zero-order valence-corrected chi connectivity index (χ0v) is 11.5. The molecule has 0 aliphatic heterocycles. The molecular weight excluding hydrogens is 258 g/mol. The molecule has 0 amide bonds. The van der Waals surface area contributed by atoms with E-state index in [9.17, 15) is 4.79 Å². The fraction of sp³-hybridized carbons (Fsp3) is 0.214. The number of aromatic amines is 1. The normalized spacial score (nSPS) is 11.3. The maximum absolute atomic E-state index is 12.2. The number of aromatic nitrogens is 3. The van der Waals surface area contributed by atoms with Crippen molar-refractivity contribution in [2.75, 3.05) is 0 Å². The predicted molar refractivity (Wildman–Crippen MR) is 77.6 cm³/mol. The van der Waals surface area contributed by atoms with E-state index in [0.29, 0.717) is 16.9 Å². The molecule has 96 valence electrons. The Morgan fingerprint density at radius 3 is 2.63 bits per heavy atom. The van der Waals surface area contributed by atoms with Gasteiger partial charge in [-0.15, -0.1) is 0 Å². The molecule has 19 heavy (non-hydrogen) atoms. The van der Waals surface area contributed by atoms with E-state index in [1.54, 1.807) is 0 Å². The van der Waals surface area contributed by atoms with Crippen LogP contribution in [0.15, 0.2) is 35.1 Å². The number of fused-ring (bicyclic) bond motifs is 1. The van der Waals surface area contributed by atoms with Gasteiger partial charge in [0.1, 0.15) is 11.2 Å². The maximum atomic E-state index is 12.2. The van der Waals surface area contributed by atoms with E-state index in [1.165, 1.54) is 11.5 Å². The average Bonchev–Trinajstić information content (AvgIpc) is 2.84. The molecule has 1 aromatic carbocycles. The summed E-state index contributed by atoms with van der Waals surface area (Å²) in [5.41, 5.74) is 1.43. The van der Waals surface area contributed by atoms with Crippen molar-refractivity contribution in [3.05, 3.63) is 46.5 Å². The molecule has 0 atom stereocenters. The fourth-order valence-corrected chi connectivity index (χ4v) is 2.77. The highest BCUT2D eigenvalue weighted by Gasteiger charge is 2.15. The lowest BCUT2D eigenvalue weighted by molar-refractivity contribution is 0.775. The van der Waals surface area contributed by atoms with Gasteiger partial charge in [0.25, 0.3) is 5.56 Å². The van der Waals surface area contributed by atoms with Crippen molar-refractivity contribution in [2.45, 2.75) is 19.8 Å². The lowest BCUT2D eigenvalue weighted by Crippen LogP contribution is -2.12. The van der Waals surface area contributed by atoms with Crippen molar-refractivity contribution in [2.24, 2.45) is 0 Å². The van der Waals surface area contributed by atoms with Crippen LogP contribution in [0.25, 0.3) is 21.5 Å². The van der Waals surface area contributed by atoms with Crippen LogP contribution in [0.4, 0.5) is 0 Å². The highest BCUT2D eigenvalue weighted by Crippen LogP contribution is 2.29. The molecule has 0 saturated heterocycles. The van der Waals surface area contributed by atoms with Crippen LogP contribution in [-0.4, -0.2) is 14.3 Å². The van der Waals surface area contributed by atoms with Crippen molar-refractivity contribution < 1.29 is 0 Å². The minimum Gasteiger partial charge on any atom is -0.310 e. The third kappa shape index (κ3) is 2.06. The number of hydrogen-bond acceptors (Lipinski definition) is 4. The second-order valence-corrected chi connectivity index (χ2v) is 5.46. The largest absolute Gasteiger partial charge is 0.310 e. The van der Waals surface area contributed by atoms with Crippen molar-refractivity contribution in [3.8, 4) is 10.4 Å². The summed E-state index contributed by atoms with van der Waals surface area (Å²) in [6, 6.07) is 9.80. The molecule has 0 spiro atoms. The van der Waals surface area contributed by atoms with Crippen molar-refractivity contribution in [1.29, 1.82) is 0 Å². The molecule has 0 fully saturated rings. The van der Waals surface area contributed by atoms with E-state index in [1.807, 2.05) is 44.2 Å². The van der Waals surface area contributed by atoms with Crippen LogP contribution < -0.4 is 5.56 Å². The minimum absolute atomic E-state index is 0.110. The first-order valence-electron chi connectivity index (χ1n) is 6.12. The maximum Gasteiger partial charge on any atom is 0.261 e. The molecule has 0 radical (unpaired) electrons. The van der Waals surface area contributed by atoms with E-state index in [0.717, 1.165) is 10.4 Å². The van der Waals surface area contributed by atoms with Gasteiger partial charge in [-0.25, -0.2) is 4.98 Å². The molecular formula is C14H13N3OS. The third-order valence-corrected chi connectivity index (χ3v) is 3.84. The third-order valence-electron chi connectivity index (χ3n) is 2.95. The van der Waals surface area contributed by atoms with Gasteiger partial charge in [0.2, 0.25) is 0 Å². The Labute approximate surface area is 114 Å². The highest BCUT2D eigenvalue weighted by atomic mass is 32.1. The summed E-state index contributed by atoms with van der Waals surface area (Å²) in [4.78, 5) is 20.4. The molecule has 3 rings (SSSR count). The Morgan fingerprint density at radius 1 is 1.21 bits per heavy atom. The molecule has 0 bridgehead atoms. The minimum atomic E-state index is -0.110. The first kappa shape index (κ1) is 12.0. The highest BCUT2D eigenvalue weighted by molar-refractivity contribution is 7.11. The lowest BCUT2D eigenvalue weighted by atomic mass is 10.1. The predicted octanol–water partition coefficient (Wildman–Crippen LogP) is 3.17. The molecule has 2 aromatic heterocycles. The van der Waals surface area contributed by atoms with Crippen LogP contribution in [0.1, 0.15) is 25.6 Å². The molecule has 0 unspecified atom stereocenters. The molecule has 0 aliphatic carbocycles. The van der Waals surface area contributed by atoms with Crippen LogP contribution in [0.3, 0.4) is 0 Å². The van der Waals surface area contributed by atoms with Gasteiger partial charge < -0.3 is 4.98 Å². The second-order valence-electron chi connectivity index (χ2n) is 4.68. The van der Waals surface area contributed by atoms with Gasteiger partial charge in [-0.2, -0.15) is 4.37 Å². The number of nitrogens with zero attached hydrogens (tertiary/aromatic N) is 2. The Kier molecular flexibility index (Phi) is 2.91. The Morgan fingerprint density at radius 2 is 1.95 bits per heavy atom. The van der Waals surface area contributed by atoms with Gasteiger partial charge in [0.05, 0.1) is 4.88 Å². The van der Waals surface area contributed by atoms with Crippen LogP contribution >= 0.6 is 11.5 Å². The van der Waals surface area contributed by atoms with Crippen LogP contribution in [-0.2, 0) is 0 Å². The topological polar surface area (TPSA) is 58.6 Å². The van der Waals surface area contributed by atoms with Gasteiger partial charge in [-0.05, 0) is 17.1 Å². The first-order chi connectivity index (χ1) is 9.16. The second kappa shape index (κ2) is 4.59. The SMILES string of the molecule is CC(C)c1nc2nsc(-c3ccccc3)c2c(=O)[nH]1. The summed E-state index contributed by atoms with van der Waals surface area (Å²) in [6.07, 6.45) is 0. The number of rotatable bonds is 2. The van der Waals surface area contributed by atoms with E-state index >= 15 is 0 Å². The van der Waals surface area contributed by atoms with Gasteiger partial charge in [0.15, 0.2) is 5.65 Å². The van der Waals surface area contributed by atoms with E-state index in [2.05, 4.69) is 14.3 Å². The van der Waals surface area contributed by atoms with Gasteiger partial charge in [-0.1, -0.05) is 44.2 Å². The van der Waals surface area contributed by atoms with Gasteiger partial charge >= 0.3 is 0 Å². The zero-order chi connectivity index (χ0) is 13.4. The van der Waals surface area contributed by atoms with E-state index < -0.39 is 0 Å². The van der Waals surface area contributed by atoms with Crippen molar-refractivity contribution >= 4 is 22.6 Å². The Balaban J connectivity index is 2.28. The summed E-state index contributed by atoms with van der Waals surface area (Å²) in [6.45, 7) is 3.99. The van der Waals surface area contributed by atoms with Gasteiger partial charge in [0, 0.05) is 5.92 Å². The first-order valence-corrected chi connectivity index (χ1v) is 6.89. The number of benzene rings is 1. The van der Waals surface area contributed by atoms with Crippen LogP contribution in [0.2, 0.25) is 0 Å². The quantitative estimate of drug-likeness (QED) is 0.778. The lowest BCUT2D eigenvalue weighted by Gasteiger charge is -2.03. The summed E-state index contributed by atoms with van der Waals surface area (Å²) in [7, 11) is 0.